The Kier molecular flexibility index (Phi) is 5.12. The molecule has 5 heteroatoms. The fraction of sp³-hybridized carbons (Fsp3) is 0.350. The number of amides is 2. The molecule has 0 spiro atoms. The van der Waals surface area contributed by atoms with Gasteiger partial charge in [-0.25, -0.2) is 0 Å². The molecule has 0 N–H and O–H groups in total. The lowest BCUT2D eigenvalue weighted by Crippen LogP contribution is -2.43. The molecule has 130 valence electrons. The van der Waals surface area contributed by atoms with Crippen LogP contribution in [0.1, 0.15) is 24.5 Å². The first-order valence-corrected chi connectivity index (χ1v) is 8.56. The number of rotatable bonds is 5. The maximum atomic E-state index is 12.8. The molecule has 2 aromatic rings. The van der Waals surface area contributed by atoms with Crippen molar-refractivity contribution in [2.45, 2.75) is 38.4 Å². The van der Waals surface area contributed by atoms with Gasteiger partial charge in [-0.1, -0.05) is 36.4 Å². The summed E-state index contributed by atoms with van der Waals surface area (Å²) in [5.41, 5.74) is 2.17. The van der Waals surface area contributed by atoms with Crippen molar-refractivity contribution in [2.75, 3.05) is 7.05 Å². The Bertz CT molecular complexity index is 733. The maximum absolute atomic E-state index is 12.8. The van der Waals surface area contributed by atoms with E-state index in [1.165, 1.54) is 12.5 Å². The van der Waals surface area contributed by atoms with Crippen LogP contribution in [0.5, 0.6) is 0 Å². The van der Waals surface area contributed by atoms with Gasteiger partial charge in [0.15, 0.2) is 0 Å². The minimum absolute atomic E-state index is 0.00267. The van der Waals surface area contributed by atoms with Crippen LogP contribution >= 0.6 is 0 Å². The second-order valence-electron chi connectivity index (χ2n) is 6.46. The molecule has 0 aliphatic carbocycles. The summed E-state index contributed by atoms with van der Waals surface area (Å²) in [5.74, 6) is -0.0678. The van der Waals surface area contributed by atoms with E-state index in [9.17, 15) is 9.59 Å². The number of benzene rings is 1. The highest BCUT2D eigenvalue weighted by Gasteiger charge is 2.45. The Morgan fingerprint density at radius 2 is 1.84 bits per heavy atom. The number of hydrogen-bond acceptors (Lipinski definition) is 3. The van der Waals surface area contributed by atoms with Gasteiger partial charge in [0, 0.05) is 32.8 Å². The normalized spacial score (nSPS) is 20.2. The molecule has 1 fully saturated rings. The van der Waals surface area contributed by atoms with Crippen molar-refractivity contribution < 1.29 is 9.59 Å². The van der Waals surface area contributed by atoms with Crippen LogP contribution in [-0.4, -0.2) is 45.9 Å². The third-order valence-corrected chi connectivity index (χ3v) is 4.79. The van der Waals surface area contributed by atoms with E-state index in [1.807, 2.05) is 30.3 Å². The van der Waals surface area contributed by atoms with E-state index >= 15 is 0 Å². The number of aryl methyl sites for hydroxylation is 1. The van der Waals surface area contributed by atoms with Crippen molar-refractivity contribution >= 4 is 11.8 Å². The summed E-state index contributed by atoms with van der Waals surface area (Å²) in [5, 5.41) is 0. The Labute approximate surface area is 148 Å². The van der Waals surface area contributed by atoms with Gasteiger partial charge in [-0.3, -0.25) is 14.6 Å². The molecular weight excluding hydrogens is 314 g/mol. The van der Waals surface area contributed by atoms with Crippen LogP contribution < -0.4 is 0 Å². The van der Waals surface area contributed by atoms with Crippen LogP contribution in [0.2, 0.25) is 0 Å². The van der Waals surface area contributed by atoms with Gasteiger partial charge in [-0.2, -0.15) is 0 Å². The van der Waals surface area contributed by atoms with Crippen LogP contribution in [-0.2, 0) is 22.4 Å². The SMILES string of the molecule is CC(=O)N1C(CCc2ccccc2)N(C)C(=O)[C@H]1Cc1cccnc1. The molecule has 2 amide bonds. The van der Waals surface area contributed by atoms with Gasteiger partial charge in [-0.15, -0.1) is 0 Å². The molecule has 0 saturated carbocycles. The summed E-state index contributed by atoms with van der Waals surface area (Å²) in [6.07, 6.45) is 5.31. The molecule has 1 aromatic carbocycles. The van der Waals surface area contributed by atoms with Gasteiger partial charge in [0.25, 0.3) is 0 Å². The standard InChI is InChI=1S/C20H23N3O2/c1-15(24)23-18(13-17-9-6-12-21-14-17)20(25)22(2)19(23)11-10-16-7-4-3-5-8-16/h3-9,12,14,18-19H,10-11,13H2,1-2H3/t18-,19?/m1/s1. The minimum atomic E-state index is -0.451. The number of pyridine rings is 1. The van der Waals surface area contributed by atoms with Gasteiger partial charge in [0.05, 0.1) is 0 Å². The molecule has 0 bridgehead atoms. The first-order chi connectivity index (χ1) is 12.1. The highest BCUT2D eigenvalue weighted by atomic mass is 16.2. The molecule has 1 aliphatic rings. The zero-order chi connectivity index (χ0) is 17.8. The molecule has 2 heterocycles. The van der Waals surface area contributed by atoms with Crippen molar-refractivity contribution in [1.82, 2.24) is 14.8 Å². The quantitative estimate of drug-likeness (QED) is 0.841. The van der Waals surface area contributed by atoms with Crippen molar-refractivity contribution in [3.8, 4) is 0 Å². The molecule has 1 saturated heterocycles. The van der Waals surface area contributed by atoms with Crippen molar-refractivity contribution in [3.63, 3.8) is 0 Å². The number of likely N-dealkylation sites (N-methyl/N-ethyl adjacent to an activating group) is 1. The van der Waals surface area contributed by atoms with E-state index in [0.717, 1.165) is 18.4 Å². The van der Waals surface area contributed by atoms with Crippen LogP contribution in [0.15, 0.2) is 54.9 Å². The number of nitrogens with zero attached hydrogens (tertiary/aromatic N) is 3. The summed E-state index contributed by atoms with van der Waals surface area (Å²) in [4.78, 5) is 32.6. The molecule has 1 aliphatic heterocycles. The van der Waals surface area contributed by atoms with Crippen molar-refractivity contribution in [2.24, 2.45) is 0 Å². The van der Waals surface area contributed by atoms with E-state index < -0.39 is 6.04 Å². The highest BCUT2D eigenvalue weighted by Crippen LogP contribution is 2.26. The average Bonchev–Trinajstić information content (AvgIpc) is 2.86. The van der Waals surface area contributed by atoms with Crippen molar-refractivity contribution in [3.05, 3.63) is 66.0 Å². The second kappa shape index (κ2) is 7.47. The van der Waals surface area contributed by atoms with E-state index in [0.29, 0.717) is 6.42 Å². The smallest absolute Gasteiger partial charge is 0.247 e. The van der Waals surface area contributed by atoms with Gasteiger partial charge in [0.2, 0.25) is 11.8 Å². The zero-order valence-corrected chi connectivity index (χ0v) is 14.6. The number of aromatic nitrogens is 1. The van der Waals surface area contributed by atoms with Gasteiger partial charge < -0.3 is 9.80 Å². The predicted octanol–water partition coefficient (Wildman–Crippen LogP) is 2.27. The Morgan fingerprint density at radius 3 is 2.48 bits per heavy atom. The summed E-state index contributed by atoms with van der Waals surface area (Å²) in [6, 6.07) is 13.5. The lowest BCUT2D eigenvalue weighted by Gasteiger charge is -2.29. The number of hydrogen-bond donors (Lipinski definition) is 0. The third kappa shape index (κ3) is 3.71. The first kappa shape index (κ1) is 17.1. The lowest BCUT2D eigenvalue weighted by molar-refractivity contribution is -0.134. The fourth-order valence-electron chi connectivity index (χ4n) is 3.53. The van der Waals surface area contributed by atoms with Gasteiger partial charge in [-0.05, 0) is 30.0 Å². The largest absolute Gasteiger partial charge is 0.323 e. The molecule has 25 heavy (non-hydrogen) atoms. The fourth-order valence-corrected chi connectivity index (χ4v) is 3.53. The molecule has 3 rings (SSSR count). The van der Waals surface area contributed by atoms with Crippen LogP contribution in [0.4, 0.5) is 0 Å². The monoisotopic (exact) mass is 337 g/mol. The Hall–Kier alpha value is -2.69. The van der Waals surface area contributed by atoms with Crippen molar-refractivity contribution in [1.29, 1.82) is 0 Å². The van der Waals surface area contributed by atoms with Crippen LogP contribution in [0, 0.1) is 0 Å². The van der Waals surface area contributed by atoms with E-state index in [2.05, 4.69) is 17.1 Å². The van der Waals surface area contributed by atoms with Crippen LogP contribution in [0.3, 0.4) is 0 Å². The first-order valence-electron chi connectivity index (χ1n) is 8.56. The lowest BCUT2D eigenvalue weighted by atomic mass is 10.1. The number of carbonyl (C=O) groups is 2. The topological polar surface area (TPSA) is 53.5 Å². The minimum Gasteiger partial charge on any atom is -0.323 e. The summed E-state index contributed by atoms with van der Waals surface area (Å²) < 4.78 is 0. The molecule has 1 aromatic heterocycles. The molecular formula is C20H23N3O2. The van der Waals surface area contributed by atoms with E-state index in [1.54, 1.807) is 29.2 Å². The summed E-state index contributed by atoms with van der Waals surface area (Å²) in [6.45, 7) is 1.54. The molecule has 5 nitrogen and oxygen atoms in total. The Balaban J connectivity index is 1.78. The third-order valence-electron chi connectivity index (χ3n) is 4.79. The summed E-state index contributed by atoms with van der Waals surface area (Å²) in [7, 11) is 1.79. The van der Waals surface area contributed by atoms with E-state index in [-0.39, 0.29) is 18.0 Å². The molecule has 1 unspecified atom stereocenters. The summed E-state index contributed by atoms with van der Waals surface area (Å²) >= 11 is 0. The molecule has 2 atom stereocenters. The molecule has 0 radical (unpaired) electrons. The van der Waals surface area contributed by atoms with E-state index in [4.69, 9.17) is 0 Å². The second-order valence-corrected chi connectivity index (χ2v) is 6.46. The highest BCUT2D eigenvalue weighted by molar-refractivity contribution is 5.90. The van der Waals surface area contributed by atoms with Gasteiger partial charge >= 0.3 is 0 Å². The van der Waals surface area contributed by atoms with Gasteiger partial charge in [0.1, 0.15) is 12.2 Å². The average molecular weight is 337 g/mol. The number of carbonyl (C=O) groups excluding carboxylic acids is 2. The predicted molar refractivity (Wildman–Crippen MR) is 95.6 cm³/mol. The van der Waals surface area contributed by atoms with Crippen LogP contribution in [0.25, 0.3) is 0 Å². The maximum Gasteiger partial charge on any atom is 0.247 e. The Morgan fingerprint density at radius 1 is 1.12 bits per heavy atom. The zero-order valence-electron chi connectivity index (χ0n) is 14.6.